The van der Waals surface area contributed by atoms with E-state index in [2.05, 4.69) is 24.5 Å². The number of rotatable bonds is 5. The van der Waals surface area contributed by atoms with Crippen molar-refractivity contribution in [3.8, 4) is 0 Å². The molecule has 0 aliphatic rings. The zero-order valence-electron chi connectivity index (χ0n) is 15.4. The quantitative estimate of drug-likeness (QED) is 0.606. The third kappa shape index (κ3) is 4.15. The number of halogens is 1. The Bertz CT molecular complexity index is 1010. The van der Waals surface area contributed by atoms with Gasteiger partial charge in [-0.1, -0.05) is 61.8 Å². The number of nitrogens with one attached hydrogen (secondary N) is 2. The van der Waals surface area contributed by atoms with Crippen LogP contribution in [0.3, 0.4) is 0 Å². The summed E-state index contributed by atoms with van der Waals surface area (Å²) in [6, 6.07) is 13.5. The Morgan fingerprint density at radius 1 is 1.11 bits per heavy atom. The van der Waals surface area contributed by atoms with Crippen molar-refractivity contribution >= 4 is 50.5 Å². The Morgan fingerprint density at radius 3 is 2.56 bits per heavy atom. The van der Waals surface area contributed by atoms with Gasteiger partial charge in [-0.2, -0.15) is 0 Å². The van der Waals surface area contributed by atoms with E-state index in [9.17, 15) is 9.59 Å². The molecule has 0 spiro atoms. The van der Waals surface area contributed by atoms with Gasteiger partial charge in [-0.25, -0.2) is 0 Å². The molecule has 0 saturated heterocycles. The lowest BCUT2D eigenvalue weighted by Crippen LogP contribution is -2.33. The third-order valence-electron chi connectivity index (χ3n) is 4.34. The third-order valence-corrected chi connectivity index (χ3v) is 6.02. The lowest BCUT2D eigenvalue weighted by Gasteiger charge is -2.16. The normalized spacial score (nSPS) is 11.0. The van der Waals surface area contributed by atoms with Crippen molar-refractivity contribution in [2.45, 2.75) is 26.7 Å². The van der Waals surface area contributed by atoms with Gasteiger partial charge in [0.2, 0.25) is 5.91 Å². The van der Waals surface area contributed by atoms with E-state index in [1.165, 1.54) is 11.3 Å². The van der Waals surface area contributed by atoms with E-state index < -0.39 is 0 Å². The second kappa shape index (κ2) is 8.11. The Morgan fingerprint density at radius 2 is 1.85 bits per heavy atom. The summed E-state index contributed by atoms with van der Waals surface area (Å²) in [6.45, 7) is 6.00. The van der Waals surface area contributed by atoms with Crippen LogP contribution >= 0.6 is 22.9 Å². The van der Waals surface area contributed by atoms with Crippen LogP contribution in [0.5, 0.6) is 0 Å². The van der Waals surface area contributed by atoms with Crippen LogP contribution in [0, 0.1) is 6.92 Å². The number of carbonyl (C=O) groups is 2. The van der Waals surface area contributed by atoms with E-state index in [0.29, 0.717) is 9.90 Å². The van der Waals surface area contributed by atoms with Gasteiger partial charge in [-0.15, -0.1) is 11.3 Å². The molecule has 0 aliphatic heterocycles. The summed E-state index contributed by atoms with van der Waals surface area (Å²) >= 11 is 7.64. The number of benzene rings is 2. The number of hydrogen-bond donors (Lipinski definition) is 2. The molecule has 3 aromatic rings. The van der Waals surface area contributed by atoms with Gasteiger partial charge in [0, 0.05) is 15.8 Å². The number of aryl methyl sites for hydroxylation is 1. The first kappa shape index (κ1) is 19.4. The van der Waals surface area contributed by atoms with Crippen molar-refractivity contribution in [3.05, 3.63) is 63.5 Å². The molecule has 2 amide bonds. The zero-order valence-corrected chi connectivity index (χ0v) is 17.0. The summed E-state index contributed by atoms with van der Waals surface area (Å²) in [4.78, 5) is 25.3. The van der Waals surface area contributed by atoms with Crippen molar-refractivity contribution < 1.29 is 9.59 Å². The molecule has 0 bridgehead atoms. The molecule has 6 heteroatoms. The molecule has 0 fully saturated rings. The molecule has 3 rings (SSSR count). The van der Waals surface area contributed by atoms with E-state index >= 15 is 0 Å². The molecule has 1 aromatic heterocycles. The van der Waals surface area contributed by atoms with Crippen LogP contribution in [0.25, 0.3) is 10.1 Å². The van der Waals surface area contributed by atoms with Crippen LogP contribution < -0.4 is 10.6 Å². The minimum Gasteiger partial charge on any atom is -0.342 e. The van der Waals surface area contributed by atoms with Gasteiger partial charge in [0.05, 0.1) is 11.6 Å². The lowest BCUT2D eigenvalue weighted by molar-refractivity contribution is -0.115. The number of thiophene rings is 1. The fraction of sp³-hybridized carbons (Fsp3) is 0.238. The molecule has 0 radical (unpaired) electrons. The average molecular weight is 401 g/mol. The van der Waals surface area contributed by atoms with Crippen molar-refractivity contribution in [1.29, 1.82) is 0 Å². The molecule has 2 aromatic carbocycles. The number of amides is 2. The maximum Gasteiger partial charge on any atom is 0.263 e. The predicted octanol–water partition coefficient (Wildman–Crippen LogP) is 5.36. The molecule has 2 N–H and O–H groups in total. The number of anilines is 1. The van der Waals surface area contributed by atoms with Crippen LogP contribution in [0.4, 0.5) is 5.69 Å². The second-order valence-corrected chi connectivity index (χ2v) is 8.10. The average Bonchev–Trinajstić information content (AvgIpc) is 2.98. The topological polar surface area (TPSA) is 58.2 Å². The summed E-state index contributed by atoms with van der Waals surface area (Å²) in [5.74, 6) is -0.325. The van der Waals surface area contributed by atoms with E-state index in [1.807, 2.05) is 49.4 Å². The molecule has 1 heterocycles. The molecule has 0 atom stereocenters. The summed E-state index contributed by atoms with van der Waals surface area (Å²) in [5.41, 5.74) is 2.88. The molecular weight excluding hydrogens is 380 g/mol. The Labute approximate surface area is 167 Å². The van der Waals surface area contributed by atoms with Crippen molar-refractivity contribution in [3.63, 3.8) is 0 Å². The number of para-hydroxylation sites is 1. The van der Waals surface area contributed by atoms with Gasteiger partial charge < -0.3 is 10.6 Å². The highest BCUT2D eigenvalue weighted by atomic mass is 35.5. The highest BCUT2D eigenvalue weighted by molar-refractivity contribution is 7.21. The first-order valence-corrected chi connectivity index (χ1v) is 9.92. The van der Waals surface area contributed by atoms with Gasteiger partial charge in [0.25, 0.3) is 5.91 Å². The number of fused-ring (bicyclic) bond motifs is 1. The molecular formula is C21H21ClN2O2S. The standard InChI is InChI=1S/C21H21ClN2O2S/c1-12(2)14-9-6-7-13(3)19(14)24-17(25)11-23-21(26)20-18(22)15-8-4-5-10-16(15)27-20/h4-10,12H,11H2,1-3H3,(H,23,26)(H,24,25). The number of carbonyl (C=O) groups excluding carboxylic acids is 2. The molecule has 140 valence electrons. The van der Waals surface area contributed by atoms with Gasteiger partial charge in [-0.3, -0.25) is 9.59 Å². The van der Waals surface area contributed by atoms with Crippen LogP contribution in [-0.4, -0.2) is 18.4 Å². The molecule has 0 aliphatic carbocycles. The Balaban J connectivity index is 1.69. The highest BCUT2D eigenvalue weighted by Crippen LogP contribution is 2.35. The van der Waals surface area contributed by atoms with Crippen molar-refractivity contribution in [1.82, 2.24) is 5.32 Å². The maximum absolute atomic E-state index is 12.5. The van der Waals surface area contributed by atoms with Gasteiger partial charge in [0.15, 0.2) is 0 Å². The Kier molecular flexibility index (Phi) is 5.82. The first-order chi connectivity index (χ1) is 12.9. The summed E-state index contributed by atoms with van der Waals surface area (Å²) in [7, 11) is 0. The highest BCUT2D eigenvalue weighted by Gasteiger charge is 2.18. The molecule has 27 heavy (non-hydrogen) atoms. The fourth-order valence-corrected chi connectivity index (χ4v) is 4.36. The SMILES string of the molecule is Cc1cccc(C(C)C)c1NC(=O)CNC(=O)c1sc2ccccc2c1Cl. The van der Waals surface area contributed by atoms with E-state index in [4.69, 9.17) is 11.6 Å². The molecule has 0 saturated carbocycles. The van der Waals surface area contributed by atoms with Crippen molar-refractivity contribution in [2.24, 2.45) is 0 Å². The van der Waals surface area contributed by atoms with E-state index in [0.717, 1.165) is 26.9 Å². The minimum atomic E-state index is -0.342. The second-order valence-electron chi connectivity index (χ2n) is 6.67. The first-order valence-electron chi connectivity index (χ1n) is 8.73. The molecule has 4 nitrogen and oxygen atoms in total. The predicted molar refractivity (Wildman–Crippen MR) is 113 cm³/mol. The van der Waals surface area contributed by atoms with Crippen LogP contribution in [0.2, 0.25) is 5.02 Å². The minimum absolute atomic E-state index is 0.116. The Hall–Kier alpha value is -2.37. The lowest BCUT2D eigenvalue weighted by atomic mass is 9.98. The summed E-state index contributed by atoms with van der Waals surface area (Å²) in [6.07, 6.45) is 0. The van der Waals surface area contributed by atoms with Crippen LogP contribution in [0.15, 0.2) is 42.5 Å². The van der Waals surface area contributed by atoms with Crippen LogP contribution in [0.1, 0.15) is 40.6 Å². The number of hydrogen-bond acceptors (Lipinski definition) is 3. The van der Waals surface area contributed by atoms with Crippen LogP contribution in [-0.2, 0) is 4.79 Å². The zero-order chi connectivity index (χ0) is 19.6. The fourth-order valence-electron chi connectivity index (χ4n) is 2.93. The maximum atomic E-state index is 12.5. The van der Waals surface area contributed by atoms with E-state index in [-0.39, 0.29) is 24.3 Å². The molecule has 0 unspecified atom stereocenters. The van der Waals surface area contributed by atoms with Gasteiger partial charge in [0.1, 0.15) is 4.88 Å². The monoisotopic (exact) mass is 400 g/mol. The van der Waals surface area contributed by atoms with Gasteiger partial charge >= 0.3 is 0 Å². The van der Waals surface area contributed by atoms with E-state index in [1.54, 1.807) is 0 Å². The summed E-state index contributed by atoms with van der Waals surface area (Å²) in [5, 5.41) is 6.86. The largest absolute Gasteiger partial charge is 0.342 e. The smallest absolute Gasteiger partial charge is 0.263 e. The summed E-state index contributed by atoms with van der Waals surface area (Å²) < 4.78 is 0.943. The van der Waals surface area contributed by atoms with Crippen molar-refractivity contribution in [2.75, 3.05) is 11.9 Å². The van der Waals surface area contributed by atoms with Gasteiger partial charge in [-0.05, 0) is 30.0 Å².